The number of amides is 2. The molecule has 0 aromatic carbocycles. The summed E-state index contributed by atoms with van der Waals surface area (Å²) < 4.78 is 5.43. The van der Waals surface area contributed by atoms with Crippen molar-refractivity contribution >= 4 is 11.8 Å². The highest BCUT2D eigenvalue weighted by Crippen LogP contribution is 2.33. The molecule has 130 valence electrons. The van der Waals surface area contributed by atoms with Crippen LogP contribution in [0.4, 0.5) is 0 Å². The number of likely N-dealkylation sites (tertiary alicyclic amines) is 2. The SMILES string of the molecule is O=C1CC[C@H]2[C@H](CCN2C(=O)c2ccc[nH]2)N1CC1CCOCC1. The van der Waals surface area contributed by atoms with Crippen molar-refractivity contribution in [2.75, 3.05) is 26.3 Å². The van der Waals surface area contributed by atoms with Crippen molar-refractivity contribution in [3.63, 3.8) is 0 Å². The molecule has 6 heteroatoms. The van der Waals surface area contributed by atoms with Crippen LogP contribution in [0, 0.1) is 5.92 Å². The summed E-state index contributed by atoms with van der Waals surface area (Å²) in [4.78, 5) is 32.3. The Morgan fingerprint density at radius 1 is 1.21 bits per heavy atom. The van der Waals surface area contributed by atoms with E-state index in [0.29, 0.717) is 18.0 Å². The van der Waals surface area contributed by atoms with Crippen LogP contribution < -0.4 is 0 Å². The summed E-state index contributed by atoms with van der Waals surface area (Å²) in [7, 11) is 0. The van der Waals surface area contributed by atoms with Crippen LogP contribution in [0.5, 0.6) is 0 Å². The normalized spacial score (nSPS) is 28.2. The van der Waals surface area contributed by atoms with Crippen LogP contribution in [0.1, 0.15) is 42.6 Å². The highest BCUT2D eigenvalue weighted by Gasteiger charge is 2.45. The minimum atomic E-state index is 0.0628. The van der Waals surface area contributed by atoms with E-state index in [1.54, 1.807) is 6.20 Å². The molecule has 4 heterocycles. The van der Waals surface area contributed by atoms with Gasteiger partial charge in [0.2, 0.25) is 5.91 Å². The molecule has 0 unspecified atom stereocenters. The number of aromatic amines is 1. The third kappa shape index (κ3) is 2.83. The molecule has 1 N–H and O–H groups in total. The number of fused-ring (bicyclic) bond motifs is 1. The van der Waals surface area contributed by atoms with Crippen LogP contribution >= 0.6 is 0 Å². The largest absolute Gasteiger partial charge is 0.381 e. The highest BCUT2D eigenvalue weighted by atomic mass is 16.5. The third-order valence-electron chi connectivity index (χ3n) is 5.77. The van der Waals surface area contributed by atoms with Crippen LogP contribution in [-0.4, -0.2) is 65.0 Å². The van der Waals surface area contributed by atoms with E-state index >= 15 is 0 Å². The summed E-state index contributed by atoms with van der Waals surface area (Å²) in [6, 6.07) is 4.03. The van der Waals surface area contributed by atoms with Gasteiger partial charge in [0.25, 0.3) is 5.91 Å². The molecule has 0 bridgehead atoms. The lowest BCUT2D eigenvalue weighted by atomic mass is 9.92. The zero-order valence-corrected chi connectivity index (χ0v) is 13.9. The second kappa shape index (κ2) is 6.59. The Hall–Kier alpha value is -1.82. The van der Waals surface area contributed by atoms with E-state index in [9.17, 15) is 9.59 Å². The Bertz CT molecular complexity index is 595. The van der Waals surface area contributed by atoms with Crippen molar-refractivity contribution in [2.45, 2.75) is 44.2 Å². The van der Waals surface area contributed by atoms with Crippen molar-refractivity contribution in [3.05, 3.63) is 24.0 Å². The number of carbonyl (C=O) groups excluding carboxylic acids is 2. The fourth-order valence-electron chi connectivity index (χ4n) is 4.46. The minimum absolute atomic E-state index is 0.0628. The Balaban J connectivity index is 1.47. The number of hydrogen-bond acceptors (Lipinski definition) is 3. The molecule has 2 atom stereocenters. The molecule has 1 aromatic rings. The summed E-state index contributed by atoms with van der Waals surface area (Å²) in [6.45, 7) is 3.18. The maximum Gasteiger partial charge on any atom is 0.270 e. The summed E-state index contributed by atoms with van der Waals surface area (Å²) in [5.74, 6) is 0.861. The van der Waals surface area contributed by atoms with Gasteiger partial charge in [-0.05, 0) is 43.7 Å². The van der Waals surface area contributed by atoms with E-state index in [4.69, 9.17) is 4.74 Å². The van der Waals surface area contributed by atoms with Crippen molar-refractivity contribution in [2.24, 2.45) is 5.92 Å². The smallest absolute Gasteiger partial charge is 0.270 e. The molecule has 24 heavy (non-hydrogen) atoms. The quantitative estimate of drug-likeness (QED) is 0.916. The van der Waals surface area contributed by atoms with Gasteiger partial charge in [-0.15, -0.1) is 0 Å². The number of ether oxygens (including phenoxy) is 1. The molecular weight excluding hydrogens is 306 g/mol. The van der Waals surface area contributed by atoms with Gasteiger partial charge in [-0.3, -0.25) is 9.59 Å². The van der Waals surface area contributed by atoms with Crippen LogP contribution in [0.25, 0.3) is 0 Å². The first kappa shape index (κ1) is 15.7. The van der Waals surface area contributed by atoms with Gasteiger partial charge in [0.1, 0.15) is 5.69 Å². The fraction of sp³-hybridized carbons (Fsp3) is 0.667. The van der Waals surface area contributed by atoms with Gasteiger partial charge in [0, 0.05) is 38.9 Å². The molecule has 0 saturated carbocycles. The molecule has 4 rings (SSSR count). The van der Waals surface area contributed by atoms with E-state index in [-0.39, 0.29) is 23.9 Å². The minimum Gasteiger partial charge on any atom is -0.381 e. The fourth-order valence-corrected chi connectivity index (χ4v) is 4.46. The molecular formula is C18H25N3O3. The summed E-state index contributed by atoms with van der Waals surface area (Å²) in [5, 5.41) is 0. The Morgan fingerprint density at radius 2 is 2.04 bits per heavy atom. The number of carbonyl (C=O) groups is 2. The molecule has 6 nitrogen and oxygen atoms in total. The standard InChI is InChI=1S/C18H25N3O3/c22-17-4-3-15-16(21(17)12-13-6-10-24-11-7-13)5-9-20(15)18(23)14-2-1-8-19-14/h1-2,8,13,15-16,19H,3-7,9-12H2/t15-,16-/m0/s1. The molecule has 3 saturated heterocycles. The van der Waals surface area contributed by atoms with E-state index in [1.165, 1.54) is 0 Å². The second-order valence-electron chi connectivity index (χ2n) is 7.15. The molecule has 0 spiro atoms. The number of piperidine rings is 1. The molecule has 3 aliphatic heterocycles. The average Bonchev–Trinajstić information content (AvgIpc) is 3.27. The summed E-state index contributed by atoms with van der Waals surface area (Å²) >= 11 is 0. The molecule has 3 aliphatic rings. The number of hydrogen-bond donors (Lipinski definition) is 1. The maximum atomic E-state index is 12.7. The Kier molecular flexibility index (Phi) is 4.31. The predicted octanol–water partition coefficient (Wildman–Crippen LogP) is 1.65. The van der Waals surface area contributed by atoms with Gasteiger partial charge in [-0.25, -0.2) is 0 Å². The third-order valence-corrected chi connectivity index (χ3v) is 5.77. The first-order chi connectivity index (χ1) is 11.7. The number of rotatable bonds is 3. The van der Waals surface area contributed by atoms with Gasteiger partial charge in [0.15, 0.2) is 0 Å². The zero-order valence-electron chi connectivity index (χ0n) is 13.9. The average molecular weight is 331 g/mol. The van der Waals surface area contributed by atoms with Crippen LogP contribution in [-0.2, 0) is 9.53 Å². The lowest BCUT2D eigenvalue weighted by molar-refractivity contribution is -0.138. The maximum absolute atomic E-state index is 12.7. The van der Waals surface area contributed by atoms with E-state index in [1.807, 2.05) is 17.0 Å². The van der Waals surface area contributed by atoms with Gasteiger partial charge in [-0.2, -0.15) is 0 Å². The molecule has 1 aromatic heterocycles. The van der Waals surface area contributed by atoms with Crippen molar-refractivity contribution < 1.29 is 14.3 Å². The summed E-state index contributed by atoms with van der Waals surface area (Å²) in [6.07, 6.45) is 6.09. The van der Waals surface area contributed by atoms with Gasteiger partial charge in [0.05, 0.1) is 12.1 Å². The van der Waals surface area contributed by atoms with Gasteiger partial charge < -0.3 is 19.5 Å². The van der Waals surface area contributed by atoms with Gasteiger partial charge >= 0.3 is 0 Å². The van der Waals surface area contributed by atoms with Crippen LogP contribution in [0.15, 0.2) is 18.3 Å². The van der Waals surface area contributed by atoms with Crippen LogP contribution in [0.3, 0.4) is 0 Å². The molecule has 0 radical (unpaired) electrons. The number of aromatic nitrogens is 1. The van der Waals surface area contributed by atoms with E-state index < -0.39 is 0 Å². The monoisotopic (exact) mass is 331 g/mol. The van der Waals surface area contributed by atoms with Crippen molar-refractivity contribution in [1.29, 1.82) is 0 Å². The van der Waals surface area contributed by atoms with E-state index in [0.717, 1.165) is 52.0 Å². The summed E-state index contributed by atoms with van der Waals surface area (Å²) in [5.41, 5.74) is 0.642. The highest BCUT2D eigenvalue weighted by molar-refractivity contribution is 5.93. The molecule has 0 aliphatic carbocycles. The number of nitrogens with zero attached hydrogens (tertiary/aromatic N) is 2. The number of nitrogens with one attached hydrogen (secondary N) is 1. The Labute approximate surface area is 142 Å². The first-order valence-electron chi connectivity index (χ1n) is 9.05. The van der Waals surface area contributed by atoms with Crippen molar-refractivity contribution in [1.82, 2.24) is 14.8 Å². The lowest BCUT2D eigenvalue weighted by Crippen LogP contribution is -2.54. The zero-order chi connectivity index (χ0) is 16.5. The van der Waals surface area contributed by atoms with E-state index in [2.05, 4.69) is 9.88 Å². The van der Waals surface area contributed by atoms with Crippen LogP contribution in [0.2, 0.25) is 0 Å². The second-order valence-corrected chi connectivity index (χ2v) is 7.15. The Morgan fingerprint density at radius 3 is 2.79 bits per heavy atom. The lowest BCUT2D eigenvalue weighted by Gasteiger charge is -2.41. The topological polar surface area (TPSA) is 65.6 Å². The first-order valence-corrected chi connectivity index (χ1v) is 9.05. The van der Waals surface area contributed by atoms with Crippen molar-refractivity contribution in [3.8, 4) is 0 Å². The van der Waals surface area contributed by atoms with Gasteiger partial charge in [-0.1, -0.05) is 0 Å². The molecule has 2 amide bonds. The molecule has 3 fully saturated rings. The number of H-pyrrole nitrogens is 1. The predicted molar refractivity (Wildman–Crippen MR) is 88.5 cm³/mol.